The van der Waals surface area contributed by atoms with Crippen molar-refractivity contribution in [2.45, 2.75) is 33.2 Å². The van der Waals surface area contributed by atoms with Crippen LogP contribution in [-0.4, -0.2) is 10.4 Å². The van der Waals surface area contributed by atoms with E-state index in [0.717, 1.165) is 38.4 Å². The number of nitrogens with zero attached hydrogens (tertiary/aromatic N) is 1. The monoisotopic (exact) mass is 498 g/mol. The van der Waals surface area contributed by atoms with Crippen LogP contribution in [0.5, 0.6) is 0 Å². The lowest BCUT2D eigenvalue weighted by Crippen LogP contribution is -2.37. The minimum absolute atomic E-state index is 0.0363. The quantitative estimate of drug-likeness (QED) is 0.309. The Morgan fingerprint density at radius 1 is 0.939 bits per heavy atom. The van der Waals surface area contributed by atoms with E-state index in [9.17, 15) is 4.79 Å². The van der Waals surface area contributed by atoms with Crippen LogP contribution in [-0.2, 0) is 0 Å². The Labute approximate surface area is 203 Å². The van der Waals surface area contributed by atoms with Crippen molar-refractivity contribution in [1.29, 1.82) is 0 Å². The van der Waals surface area contributed by atoms with Gasteiger partial charge in [0.1, 0.15) is 0 Å². The SMILES string of the molecule is Cc1ccc(-c2cc3c(n2-c2ccccc2)C(Nc2ccc(Br)cc2)C(C)(C)CC3=O)cc1. The van der Waals surface area contributed by atoms with Gasteiger partial charge in [0.05, 0.1) is 17.4 Å². The van der Waals surface area contributed by atoms with Crippen LogP contribution in [0.1, 0.15) is 47.9 Å². The van der Waals surface area contributed by atoms with Gasteiger partial charge in [0, 0.05) is 27.8 Å². The van der Waals surface area contributed by atoms with Gasteiger partial charge < -0.3 is 9.88 Å². The maximum absolute atomic E-state index is 13.4. The van der Waals surface area contributed by atoms with E-state index in [2.05, 4.69) is 101 Å². The molecule has 33 heavy (non-hydrogen) atoms. The summed E-state index contributed by atoms with van der Waals surface area (Å²) < 4.78 is 3.32. The van der Waals surface area contributed by atoms with Gasteiger partial charge in [-0.1, -0.05) is 77.8 Å². The second-order valence-corrected chi connectivity index (χ2v) is 10.5. The average molecular weight is 499 g/mol. The van der Waals surface area contributed by atoms with E-state index >= 15 is 0 Å². The zero-order chi connectivity index (χ0) is 23.2. The Hall–Kier alpha value is -3.11. The van der Waals surface area contributed by atoms with Crippen LogP contribution in [0.4, 0.5) is 5.69 Å². The summed E-state index contributed by atoms with van der Waals surface area (Å²) in [6, 6.07) is 29.2. The molecule has 1 aliphatic rings. The summed E-state index contributed by atoms with van der Waals surface area (Å²) in [5.41, 5.74) is 7.04. The first-order valence-electron chi connectivity index (χ1n) is 11.3. The van der Waals surface area contributed by atoms with Crippen LogP contribution < -0.4 is 5.32 Å². The number of rotatable bonds is 4. The molecule has 1 aliphatic carbocycles. The van der Waals surface area contributed by atoms with Crippen LogP contribution in [0.25, 0.3) is 16.9 Å². The van der Waals surface area contributed by atoms with Gasteiger partial charge in [-0.25, -0.2) is 0 Å². The summed E-state index contributed by atoms with van der Waals surface area (Å²) >= 11 is 3.53. The average Bonchev–Trinajstić information content (AvgIpc) is 3.19. The second-order valence-electron chi connectivity index (χ2n) is 9.54. The molecule has 3 nitrogen and oxygen atoms in total. The third-order valence-corrected chi connectivity index (χ3v) is 7.06. The van der Waals surface area contributed by atoms with Crippen molar-refractivity contribution in [2.75, 3.05) is 5.32 Å². The van der Waals surface area contributed by atoms with Gasteiger partial charge in [0.25, 0.3) is 0 Å². The zero-order valence-corrected chi connectivity index (χ0v) is 20.7. The lowest BCUT2D eigenvalue weighted by Gasteiger charge is -2.40. The van der Waals surface area contributed by atoms with Gasteiger partial charge in [0.2, 0.25) is 0 Å². The maximum Gasteiger partial charge on any atom is 0.165 e. The molecular weight excluding hydrogens is 472 g/mol. The number of aromatic nitrogens is 1. The van der Waals surface area contributed by atoms with Crippen molar-refractivity contribution in [3.8, 4) is 16.9 Å². The number of nitrogens with one attached hydrogen (secondary N) is 1. The number of carbonyl (C=O) groups is 1. The van der Waals surface area contributed by atoms with Crippen LogP contribution in [0.15, 0.2) is 89.4 Å². The number of halogens is 1. The number of Topliss-reactive ketones (excluding diaryl/α,β-unsaturated/α-hetero) is 1. The molecule has 4 heteroatoms. The fourth-order valence-electron chi connectivity index (χ4n) is 4.78. The molecule has 1 heterocycles. The van der Waals surface area contributed by atoms with Crippen molar-refractivity contribution < 1.29 is 4.79 Å². The number of para-hydroxylation sites is 1. The smallest absolute Gasteiger partial charge is 0.165 e. The molecule has 166 valence electrons. The highest BCUT2D eigenvalue weighted by Crippen LogP contribution is 2.48. The Morgan fingerprint density at radius 2 is 1.61 bits per heavy atom. The molecule has 0 radical (unpaired) electrons. The highest BCUT2D eigenvalue weighted by Gasteiger charge is 2.43. The molecule has 1 atom stereocenters. The minimum Gasteiger partial charge on any atom is -0.376 e. The van der Waals surface area contributed by atoms with Gasteiger partial charge in [-0.15, -0.1) is 0 Å². The molecule has 0 bridgehead atoms. The number of anilines is 1. The van der Waals surface area contributed by atoms with Crippen LogP contribution >= 0.6 is 15.9 Å². The van der Waals surface area contributed by atoms with Crippen molar-refractivity contribution in [3.05, 3.63) is 106 Å². The van der Waals surface area contributed by atoms with Gasteiger partial charge in [-0.05, 0) is 60.4 Å². The summed E-state index contributed by atoms with van der Waals surface area (Å²) in [7, 11) is 0. The molecule has 0 saturated heterocycles. The molecule has 1 N–H and O–H groups in total. The normalized spacial score (nSPS) is 17.0. The predicted octanol–water partition coefficient (Wildman–Crippen LogP) is 7.98. The first kappa shape index (κ1) is 21.7. The van der Waals surface area contributed by atoms with Gasteiger partial charge in [0.15, 0.2) is 5.78 Å². The van der Waals surface area contributed by atoms with Crippen molar-refractivity contribution in [2.24, 2.45) is 5.41 Å². The Kier molecular flexibility index (Phi) is 5.49. The molecule has 3 aromatic carbocycles. The fourth-order valence-corrected chi connectivity index (χ4v) is 5.05. The molecule has 5 rings (SSSR count). The summed E-state index contributed by atoms with van der Waals surface area (Å²) in [5, 5.41) is 3.77. The Balaban J connectivity index is 1.75. The van der Waals surface area contributed by atoms with E-state index in [1.165, 1.54) is 5.56 Å². The predicted molar refractivity (Wildman–Crippen MR) is 139 cm³/mol. The lowest BCUT2D eigenvalue weighted by molar-refractivity contribution is 0.0891. The molecule has 4 aromatic rings. The van der Waals surface area contributed by atoms with E-state index in [1.807, 2.05) is 30.3 Å². The second kappa shape index (κ2) is 8.35. The number of benzene rings is 3. The Bertz CT molecular complexity index is 1300. The molecular formula is C29H27BrN2O. The highest BCUT2D eigenvalue weighted by atomic mass is 79.9. The summed E-state index contributed by atoms with van der Waals surface area (Å²) in [5.74, 6) is 0.201. The third kappa shape index (κ3) is 4.04. The topological polar surface area (TPSA) is 34.0 Å². The maximum atomic E-state index is 13.4. The molecule has 0 fully saturated rings. The van der Waals surface area contributed by atoms with Gasteiger partial charge in [-0.3, -0.25) is 4.79 Å². The molecule has 1 aromatic heterocycles. The van der Waals surface area contributed by atoms with Crippen LogP contribution in [0.3, 0.4) is 0 Å². The number of hydrogen-bond donors (Lipinski definition) is 1. The third-order valence-electron chi connectivity index (χ3n) is 6.53. The Morgan fingerprint density at radius 3 is 2.27 bits per heavy atom. The van der Waals surface area contributed by atoms with Crippen molar-refractivity contribution >= 4 is 27.4 Å². The first-order chi connectivity index (χ1) is 15.8. The van der Waals surface area contributed by atoms with E-state index < -0.39 is 0 Å². The van der Waals surface area contributed by atoms with E-state index in [-0.39, 0.29) is 17.2 Å². The summed E-state index contributed by atoms with van der Waals surface area (Å²) in [4.78, 5) is 13.4. The summed E-state index contributed by atoms with van der Waals surface area (Å²) in [6.07, 6.45) is 0.500. The van der Waals surface area contributed by atoms with Gasteiger partial charge >= 0.3 is 0 Å². The molecule has 0 saturated carbocycles. The van der Waals surface area contributed by atoms with E-state index in [0.29, 0.717) is 6.42 Å². The van der Waals surface area contributed by atoms with Crippen molar-refractivity contribution in [3.63, 3.8) is 0 Å². The fraction of sp³-hybridized carbons (Fsp3) is 0.207. The lowest BCUT2D eigenvalue weighted by atomic mass is 9.72. The van der Waals surface area contributed by atoms with Crippen LogP contribution in [0.2, 0.25) is 0 Å². The first-order valence-corrected chi connectivity index (χ1v) is 12.1. The van der Waals surface area contributed by atoms with Crippen LogP contribution in [0, 0.1) is 12.3 Å². The number of carbonyl (C=O) groups excluding carboxylic acids is 1. The van der Waals surface area contributed by atoms with E-state index in [4.69, 9.17) is 0 Å². The van der Waals surface area contributed by atoms with E-state index in [1.54, 1.807) is 0 Å². The molecule has 0 aliphatic heterocycles. The number of hydrogen-bond acceptors (Lipinski definition) is 2. The number of aryl methyl sites for hydroxylation is 1. The zero-order valence-electron chi connectivity index (χ0n) is 19.1. The summed E-state index contributed by atoms with van der Waals surface area (Å²) in [6.45, 7) is 6.45. The molecule has 0 amide bonds. The highest BCUT2D eigenvalue weighted by molar-refractivity contribution is 9.10. The van der Waals surface area contributed by atoms with Gasteiger partial charge in [-0.2, -0.15) is 0 Å². The number of fused-ring (bicyclic) bond motifs is 1. The molecule has 0 spiro atoms. The standard InChI is InChI=1S/C29H27BrN2O/c1-19-9-11-20(12-10-19)25-17-24-26(33)18-29(2,3)28(31-22-15-13-21(30)14-16-22)27(24)32(25)23-7-5-4-6-8-23/h4-17,28,31H,18H2,1-3H3. The number of ketones is 1. The largest absolute Gasteiger partial charge is 0.376 e. The minimum atomic E-state index is -0.257. The van der Waals surface area contributed by atoms with Crippen molar-refractivity contribution in [1.82, 2.24) is 4.57 Å². The molecule has 1 unspecified atom stereocenters.